The minimum absolute atomic E-state index is 0.115. The van der Waals surface area contributed by atoms with Gasteiger partial charge in [-0.25, -0.2) is 9.97 Å². The summed E-state index contributed by atoms with van der Waals surface area (Å²) in [4.78, 5) is 13.9. The maximum atomic E-state index is 6.58. The molecule has 8 heteroatoms. The van der Waals surface area contributed by atoms with E-state index >= 15 is 0 Å². The molecule has 3 aromatic rings. The largest absolute Gasteiger partial charge is 0.489 e. The SMILES string of the molecule is CN(C)[C@H]1CCN(c2cc(OC3CCOCC3)c3c(Nc4cccc(Cl)c4)ncnc3c2)C1. The van der Waals surface area contributed by atoms with Crippen molar-refractivity contribution in [3.63, 3.8) is 0 Å². The molecule has 2 aliphatic rings. The lowest BCUT2D eigenvalue weighted by Crippen LogP contribution is -2.31. The zero-order chi connectivity index (χ0) is 22.8. The van der Waals surface area contributed by atoms with E-state index in [2.05, 4.69) is 51.3 Å². The molecule has 2 aliphatic heterocycles. The Morgan fingerprint density at radius 1 is 1.12 bits per heavy atom. The van der Waals surface area contributed by atoms with Crippen molar-refractivity contribution in [2.75, 3.05) is 50.6 Å². The van der Waals surface area contributed by atoms with Crippen LogP contribution in [0.2, 0.25) is 5.02 Å². The van der Waals surface area contributed by atoms with E-state index in [1.807, 2.05) is 24.3 Å². The second-order valence-corrected chi connectivity index (χ2v) is 9.41. The zero-order valence-electron chi connectivity index (χ0n) is 19.1. The van der Waals surface area contributed by atoms with E-state index in [4.69, 9.17) is 21.1 Å². The summed E-state index contributed by atoms with van der Waals surface area (Å²) in [5, 5.41) is 4.97. The number of fused-ring (bicyclic) bond motifs is 1. The third-order valence-electron chi connectivity index (χ3n) is 6.49. The lowest BCUT2D eigenvalue weighted by Gasteiger charge is -2.26. The molecular weight excluding hydrogens is 438 g/mol. The maximum absolute atomic E-state index is 6.58. The Bertz CT molecular complexity index is 1120. The molecule has 1 aromatic heterocycles. The van der Waals surface area contributed by atoms with Crippen LogP contribution in [0.4, 0.5) is 17.2 Å². The average Bonchev–Trinajstić information content (AvgIpc) is 3.31. The summed E-state index contributed by atoms with van der Waals surface area (Å²) >= 11 is 6.20. The molecule has 0 saturated carbocycles. The van der Waals surface area contributed by atoms with Crippen molar-refractivity contribution in [1.29, 1.82) is 0 Å². The molecule has 3 heterocycles. The zero-order valence-corrected chi connectivity index (χ0v) is 19.9. The van der Waals surface area contributed by atoms with Crippen molar-refractivity contribution in [1.82, 2.24) is 14.9 Å². The molecule has 7 nitrogen and oxygen atoms in total. The van der Waals surface area contributed by atoms with Crippen LogP contribution in [0.5, 0.6) is 5.75 Å². The first kappa shape index (κ1) is 22.2. The van der Waals surface area contributed by atoms with Gasteiger partial charge in [0.1, 0.15) is 24.0 Å². The average molecular weight is 468 g/mol. The molecule has 1 atom stereocenters. The predicted molar refractivity (Wildman–Crippen MR) is 133 cm³/mol. The number of rotatable bonds is 6. The molecular formula is C25H30ClN5O2. The monoisotopic (exact) mass is 467 g/mol. The molecule has 2 saturated heterocycles. The van der Waals surface area contributed by atoms with Gasteiger partial charge >= 0.3 is 0 Å². The highest BCUT2D eigenvalue weighted by Crippen LogP contribution is 2.38. The number of hydrogen-bond acceptors (Lipinski definition) is 7. The van der Waals surface area contributed by atoms with E-state index in [-0.39, 0.29) is 6.10 Å². The van der Waals surface area contributed by atoms with Gasteiger partial charge in [0.2, 0.25) is 0 Å². The number of halogens is 1. The molecule has 0 spiro atoms. The van der Waals surface area contributed by atoms with Crippen LogP contribution in [0.25, 0.3) is 10.9 Å². The first-order valence-corrected chi connectivity index (χ1v) is 11.9. The Kier molecular flexibility index (Phi) is 6.53. The third kappa shape index (κ3) is 5.00. The van der Waals surface area contributed by atoms with Crippen LogP contribution in [0, 0.1) is 0 Å². The Morgan fingerprint density at radius 3 is 2.73 bits per heavy atom. The number of nitrogens with zero attached hydrogens (tertiary/aromatic N) is 4. The van der Waals surface area contributed by atoms with E-state index in [0.717, 1.165) is 73.6 Å². The molecule has 0 radical (unpaired) electrons. The van der Waals surface area contributed by atoms with Crippen LogP contribution in [0.3, 0.4) is 0 Å². The van der Waals surface area contributed by atoms with E-state index in [1.54, 1.807) is 6.33 Å². The standard InChI is InChI=1S/C25H30ClN5O2/c1-30(2)19-6-9-31(15-19)20-13-22-24(23(14-20)33-21-7-10-32-11-8-21)25(28-16-27-22)29-18-5-3-4-17(26)12-18/h3-5,12-14,16,19,21H,6-11,15H2,1-2H3,(H,27,28,29)/t19-/m0/s1. The molecule has 2 aromatic carbocycles. The fourth-order valence-electron chi connectivity index (χ4n) is 4.58. The van der Waals surface area contributed by atoms with Gasteiger partial charge in [-0.2, -0.15) is 0 Å². The summed E-state index contributed by atoms with van der Waals surface area (Å²) in [5.74, 6) is 1.52. The summed E-state index contributed by atoms with van der Waals surface area (Å²) < 4.78 is 12.1. The second kappa shape index (κ2) is 9.71. The lowest BCUT2D eigenvalue weighted by molar-refractivity contribution is 0.0262. The number of ether oxygens (including phenoxy) is 2. The van der Waals surface area contributed by atoms with Gasteiger partial charge in [-0.15, -0.1) is 0 Å². The van der Waals surface area contributed by atoms with Crippen LogP contribution in [0.1, 0.15) is 19.3 Å². The minimum atomic E-state index is 0.115. The Morgan fingerprint density at radius 2 is 1.97 bits per heavy atom. The van der Waals surface area contributed by atoms with Crippen molar-refractivity contribution < 1.29 is 9.47 Å². The summed E-state index contributed by atoms with van der Waals surface area (Å²) in [5.41, 5.74) is 2.88. The smallest absolute Gasteiger partial charge is 0.145 e. The molecule has 0 amide bonds. The second-order valence-electron chi connectivity index (χ2n) is 8.98. The maximum Gasteiger partial charge on any atom is 0.145 e. The molecule has 0 unspecified atom stereocenters. The summed E-state index contributed by atoms with van der Waals surface area (Å²) in [6.45, 7) is 3.46. The van der Waals surface area contributed by atoms with Gasteiger partial charge in [-0.1, -0.05) is 17.7 Å². The van der Waals surface area contributed by atoms with Crippen molar-refractivity contribution in [3.8, 4) is 5.75 Å². The van der Waals surface area contributed by atoms with Crippen LogP contribution in [-0.2, 0) is 4.74 Å². The van der Waals surface area contributed by atoms with Gasteiger partial charge in [0.25, 0.3) is 0 Å². The summed E-state index contributed by atoms with van der Waals surface area (Å²) in [6, 6.07) is 12.5. The molecule has 2 fully saturated rings. The van der Waals surface area contributed by atoms with E-state index < -0.39 is 0 Å². The topological polar surface area (TPSA) is 62.8 Å². The first-order chi connectivity index (χ1) is 16.1. The highest BCUT2D eigenvalue weighted by Gasteiger charge is 2.26. The van der Waals surface area contributed by atoms with Gasteiger partial charge in [-0.3, -0.25) is 0 Å². The van der Waals surface area contributed by atoms with Gasteiger partial charge in [0, 0.05) is 54.4 Å². The fraction of sp³-hybridized carbons (Fsp3) is 0.440. The molecule has 33 heavy (non-hydrogen) atoms. The number of likely N-dealkylation sites (N-methyl/N-ethyl adjacent to an activating group) is 1. The van der Waals surface area contributed by atoms with E-state index in [0.29, 0.717) is 16.9 Å². The number of nitrogens with one attached hydrogen (secondary N) is 1. The number of aromatic nitrogens is 2. The van der Waals surface area contributed by atoms with Crippen LogP contribution >= 0.6 is 11.6 Å². The van der Waals surface area contributed by atoms with Crippen molar-refractivity contribution in [2.45, 2.75) is 31.4 Å². The summed E-state index contributed by atoms with van der Waals surface area (Å²) in [6.07, 6.45) is 4.62. The lowest BCUT2D eigenvalue weighted by atomic mass is 10.1. The van der Waals surface area contributed by atoms with Crippen molar-refractivity contribution in [3.05, 3.63) is 47.7 Å². The van der Waals surface area contributed by atoms with Gasteiger partial charge in [-0.05, 0) is 44.8 Å². The molecule has 174 valence electrons. The highest BCUT2D eigenvalue weighted by atomic mass is 35.5. The van der Waals surface area contributed by atoms with Gasteiger partial charge in [0.05, 0.1) is 24.1 Å². The van der Waals surface area contributed by atoms with Crippen molar-refractivity contribution in [2.24, 2.45) is 0 Å². The quantitative estimate of drug-likeness (QED) is 0.562. The first-order valence-electron chi connectivity index (χ1n) is 11.5. The molecule has 0 aliphatic carbocycles. The van der Waals surface area contributed by atoms with Gasteiger partial charge in [0.15, 0.2) is 0 Å². The third-order valence-corrected chi connectivity index (χ3v) is 6.73. The van der Waals surface area contributed by atoms with E-state index in [1.165, 1.54) is 0 Å². The van der Waals surface area contributed by atoms with Crippen molar-refractivity contribution >= 4 is 39.7 Å². The minimum Gasteiger partial charge on any atom is -0.489 e. The molecule has 1 N–H and O–H groups in total. The van der Waals surface area contributed by atoms with Crippen LogP contribution < -0.4 is 15.0 Å². The van der Waals surface area contributed by atoms with Crippen LogP contribution in [0.15, 0.2) is 42.7 Å². The molecule has 5 rings (SSSR count). The Balaban J connectivity index is 1.54. The molecule has 0 bridgehead atoms. The fourth-order valence-corrected chi connectivity index (χ4v) is 4.77. The number of anilines is 3. The van der Waals surface area contributed by atoms with E-state index in [9.17, 15) is 0 Å². The Labute approximate surface area is 199 Å². The number of benzene rings is 2. The number of hydrogen-bond donors (Lipinski definition) is 1. The Hall–Kier alpha value is -2.61. The van der Waals surface area contributed by atoms with Crippen LogP contribution in [-0.4, -0.2) is 67.4 Å². The van der Waals surface area contributed by atoms with Gasteiger partial charge < -0.3 is 24.6 Å². The highest BCUT2D eigenvalue weighted by molar-refractivity contribution is 6.30. The summed E-state index contributed by atoms with van der Waals surface area (Å²) in [7, 11) is 4.30. The normalized spacial score (nSPS) is 19.4. The predicted octanol–water partition coefficient (Wildman–Crippen LogP) is 4.72.